The first-order valence-electron chi connectivity index (χ1n) is 6.12. The molecule has 2 aromatic rings. The lowest BCUT2D eigenvalue weighted by atomic mass is 10.1. The third-order valence-electron chi connectivity index (χ3n) is 3.07. The van der Waals surface area contributed by atoms with Crippen molar-refractivity contribution in [1.82, 2.24) is 5.16 Å². The minimum Gasteiger partial charge on any atom is -0.360 e. The number of carbonyl (C=O) groups excluding carboxylic acids is 1. The van der Waals surface area contributed by atoms with Gasteiger partial charge >= 0.3 is 0 Å². The molecule has 3 rings (SSSR count). The summed E-state index contributed by atoms with van der Waals surface area (Å²) < 4.78 is 4.93. The summed E-state index contributed by atoms with van der Waals surface area (Å²) in [5.41, 5.74) is 2.46. The summed E-state index contributed by atoms with van der Waals surface area (Å²) >= 11 is 1.61. The summed E-state index contributed by atoms with van der Waals surface area (Å²) in [7, 11) is 0. The molecule has 0 saturated heterocycles. The van der Waals surface area contributed by atoms with Crippen LogP contribution in [0.25, 0.3) is 0 Å². The molecule has 0 fully saturated rings. The van der Waals surface area contributed by atoms with Gasteiger partial charge in [-0.2, -0.15) is 0 Å². The highest BCUT2D eigenvalue weighted by Crippen LogP contribution is 2.37. The molecule has 0 saturated carbocycles. The van der Waals surface area contributed by atoms with E-state index in [1.165, 1.54) is 16.0 Å². The van der Waals surface area contributed by atoms with E-state index < -0.39 is 0 Å². The lowest BCUT2D eigenvalue weighted by molar-refractivity contribution is -0.115. The van der Waals surface area contributed by atoms with Crippen LogP contribution in [0.15, 0.2) is 33.7 Å². The monoisotopic (exact) mass is 274 g/mol. The number of rotatable bonds is 2. The molecule has 1 N–H and O–H groups in total. The molecule has 1 aliphatic heterocycles. The number of benzene rings is 1. The van der Waals surface area contributed by atoms with Gasteiger partial charge < -0.3 is 9.84 Å². The first-order chi connectivity index (χ1) is 9.11. The van der Waals surface area contributed by atoms with Gasteiger partial charge in [-0.25, -0.2) is 0 Å². The van der Waals surface area contributed by atoms with Crippen LogP contribution in [0.1, 0.15) is 16.9 Å². The Morgan fingerprint density at radius 1 is 1.42 bits per heavy atom. The summed E-state index contributed by atoms with van der Waals surface area (Å²) in [6.07, 6.45) is 0.767. The Hall–Kier alpha value is -1.75. The number of nitrogens with zero attached hydrogens (tertiary/aromatic N) is 1. The van der Waals surface area contributed by atoms with Crippen molar-refractivity contribution >= 4 is 23.5 Å². The molecule has 1 amide bonds. The fourth-order valence-electron chi connectivity index (χ4n) is 2.11. The Labute approximate surface area is 115 Å². The lowest BCUT2D eigenvalue weighted by Gasteiger charge is -2.06. The maximum Gasteiger partial charge on any atom is 0.239 e. The van der Waals surface area contributed by atoms with Gasteiger partial charge in [0.05, 0.1) is 5.25 Å². The normalized spacial score (nSPS) is 17.3. The number of hydrogen-bond donors (Lipinski definition) is 1. The average Bonchev–Trinajstić information content (AvgIpc) is 2.95. The second-order valence-corrected chi connectivity index (χ2v) is 5.98. The number of carbonyl (C=O) groups is 1. The molecule has 5 heteroatoms. The van der Waals surface area contributed by atoms with Crippen LogP contribution in [-0.4, -0.2) is 16.3 Å². The van der Waals surface area contributed by atoms with E-state index in [0.717, 1.165) is 6.42 Å². The maximum absolute atomic E-state index is 12.2. The van der Waals surface area contributed by atoms with Gasteiger partial charge in [0, 0.05) is 11.0 Å². The summed E-state index contributed by atoms with van der Waals surface area (Å²) in [5, 5.41) is 6.47. The fourth-order valence-corrected chi connectivity index (χ4v) is 3.41. The molecule has 4 nitrogen and oxygen atoms in total. The predicted octanol–water partition coefficient (Wildman–Crippen LogP) is 2.95. The smallest absolute Gasteiger partial charge is 0.239 e. The second kappa shape index (κ2) is 4.74. The number of thioether (sulfide) groups is 1. The molecular formula is C14H14N2O2S. The zero-order valence-corrected chi connectivity index (χ0v) is 11.6. The molecule has 0 spiro atoms. The van der Waals surface area contributed by atoms with Crippen LogP contribution in [0.4, 0.5) is 5.82 Å². The van der Waals surface area contributed by atoms with Crippen LogP contribution in [0, 0.1) is 13.8 Å². The first kappa shape index (κ1) is 12.3. The molecule has 0 aliphatic carbocycles. The predicted molar refractivity (Wildman–Crippen MR) is 74.4 cm³/mol. The quantitative estimate of drug-likeness (QED) is 0.914. The average molecular weight is 274 g/mol. The van der Waals surface area contributed by atoms with E-state index in [-0.39, 0.29) is 11.2 Å². The van der Waals surface area contributed by atoms with Gasteiger partial charge in [-0.05, 0) is 31.9 Å². The Kier molecular flexibility index (Phi) is 3.06. The van der Waals surface area contributed by atoms with Gasteiger partial charge in [0.2, 0.25) is 5.91 Å². The molecule has 1 aliphatic rings. The highest BCUT2D eigenvalue weighted by molar-refractivity contribution is 8.01. The third kappa shape index (κ3) is 2.51. The van der Waals surface area contributed by atoms with Gasteiger partial charge in [-0.3, -0.25) is 4.79 Å². The standard InChI is InChI=1S/C14H14N2O2S/c1-8-3-4-10-7-12(19-11(10)5-8)14(17)15-13-6-9(2)18-16-13/h3-6,12H,7H2,1-2H3,(H,15,16,17). The van der Waals surface area contributed by atoms with Crippen molar-refractivity contribution in [3.63, 3.8) is 0 Å². The molecule has 98 valence electrons. The Morgan fingerprint density at radius 2 is 2.26 bits per heavy atom. The van der Waals surface area contributed by atoms with Crippen LogP contribution in [0.2, 0.25) is 0 Å². The molecule has 0 radical (unpaired) electrons. The van der Waals surface area contributed by atoms with E-state index in [1.807, 2.05) is 0 Å². The fraction of sp³-hybridized carbons (Fsp3) is 0.286. The highest BCUT2D eigenvalue weighted by atomic mass is 32.2. The summed E-state index contributed by atoms with van der Waals surface area (Å²) in [6, 6.07) is 8.04. The minimum atomic E-state index is -0.0891. The SMILES string of the molecule is Cc1ccc2c(c1)SC(C(=O)Nc1cc(C)on1)C2. The zero-order chi connectivity index (χ0) is 13.4. The van der Waals surface area contributed by atoms with E-state index in [0.29, 0.717) is 11.6 Å². The van der Waals surface area contributed by atoms with Crippen molar-refractivity contribution in [2.75, 3.05) is 5.32 Å². The van der Waals surface area contributed by atoms with Crippen LogP contribution in [-0.2, 0) is 11.2 Å². The summed E-state index contributed by atoms with van der Waals surface area (Å²) in [5.74, 6) is 1.15. The molecular weight excluding hydrogens is 260 g/mol. The van der Waals surface area contributed by atoms with Crippen LogP contribution in [0.3, 0.4) is 0 Å². The largest absolute Gasteiger partial charge is 0.360 e. The number of aryl methyl sites for hydroxylation is 2. The van der Waals surface area contributed by atoms with Gasteiger partial charge in [0.1, 0.15) is 5.76 Å². The van der Waals surface area contributed by atoms with Gasteiger partial charge in [-0.15, -0.1) is 11.8 Å². The van der Waals surface area contributed by atoms with Crippen molar-refractivity contribution in [1.29, 1.82) is 0 Å². The first-order valence-corrected chi connectivity index (χ1v) is 7.00. The van der Waals surface area contributed by atoms with Crippen LogP contribution < -0.4 is 5.32 Å². The topological polar surface area (TPSA) is 55.1 Å². The molecule has 1 aromatic carbocycles. The molecule has 1 atom stereocenters. The van der Waals surface area contributed by atoms with Crippen LogP contribution >= 0.6 is 11.8 Å². The van der Waals surface area contributed by atoms with E-state index in [4.69, 9.17) is 4.52 Å². The number of hydrogen-bond acceptors (Lipinski definition) is 4. The van der Waals surface area contributed by atoms with Crippen molar-refractivity contribution in [2.24, 2.45) is 0 Å². The number of amides is 1. The lowest BCUT2D eigenvalue weighted by Crippen LogP contribution is -2.24. The minimum absolute atomic E-state index is 0.0212. The van der Waals surface area contributed by atoms with E-state index in [1.54, 1.807) is 24.8 Å². The number of fused-ring (bicyclic) bond motifs is 1. The zero-order valence-electron chi connectivity index (χ0n) is 10.8. The number of anilines is 1. The summed E-state index contributed by atoms with van der Waals surface area (Å²) in [4.78, 5) is 13.4. The number of aromatic nitrogens is 1. The Morgan fingerprint density at radius 3 is 3.00 bits per heavy atom. The van der Waals surface area contributed by atoms with E-state index in [2.05, 4.69) is 35.6 Å². The Bertz CT molecular complexity index is 636. The van der Waals surface area contributed by atoms with Crippen molar-refractivity contribution in [3.8, 4) is 0 Å². The summed E-state index contributed by atoms with van der Waals surface area (Å²) in [6.45, 7) is 3.86. The van der Waals surface area contributed by atoms with Crippen molar-refractivity contribution in [3.05, 3.63) is 41.2 Å². The van der Waals surface area contributed by atoms with Crippen molar-refractivity contribution < 1.29 is 9.32 Å². The molecule has 1 aromatic heterocycles. The van der Waals surface area contributed by atoms with Crippen LogP contribution in [0.5, 0.6) is 0 Å². The molecule has 0 bridgehead atoms. The van der Waals surface area contributed by atoms with E-state index >= 15 is 0 Å². The van der Waals surface area contributed by atoms with Gasteiger partial charge in [0.15, 0.2) is 5.82 Å². The van der Waals surface area contributed by atoms with E-state index in [9.17, 15) is 4.79 Å². The van der Waals surface area contributed by atoms with Gasteiger partial charge in [0.25, 0.3) is 0 Å². The Balaban J connectivity index is 1.70. The second-order valence-electron chi connectivity index (χ2n) is 4.73. The van der Waals surface area contributed by atoms with Gasteiger partial charge in [-0.1, -0.05) is 22.9 Å². The molecule has 19 heavy (non-hydrogen) atoms. The molecule has 1 unspecified atom stereocenters. The maximum atomic E-state index is 12.2. The van der Waals surface area contributed by atoms with Crippen molar-refractivity contribution in [2.45, 2.75) is 30.4 Å². The molecule has 2 heterocycles. The third-order valence-corrected chi connectivity index (χ3v) is 4.37. The number of nitrogens with one attached hydrogen (secondary N) is 1. The highest BCUT2D eigenvalue weighted by Gasteiger charge is 2.28.